The Morgan fingerprint density at radius 3 is 2.50 bits per heavy atom. The van der Waals surface area contributed by atoms with Gasteiger partial charge in [-0.3, -0.25) is 9.59 Å². The van der Waals surface area contributed by atoms with Crippen molar-refractivity contribution in [3.05, 3.63) is 23.2 Å². The number of carbonyl (C=O) groups excluding carboxylic acids is 3. The number of amides is 3. The minimum atomic E-state index is -0.779. The van der Waals surface area contributed by atoms with E-state index in [2.05, 4.69) is 10.6 Å². The molecule has 2 rings (SSSR count). The number of piperidine rings is 1. The van der Waals surface area contributed by atoms with E-state index < -0.39 is 11.8 Å². The molecule has 1 saturated heterocycles. The maximum Gasteiger partial charge on any atom is 0.409 e. The molecule has 9 heteroatoms. The average Bonchev–Trinajstić information content (AvgIpc) is 2.62. The summed E-state index contributed by atoms with van der Waals surface area (Å²) >= 11 is 5.99. The molecule has 8 nitrogen and oxygen atoms in total. The van der Waals surface area contributed by atoms with Crippen molar-refractivity contribution < 1.29 is 23.9 Å². The molecule has 0 aromatic heterocycles. The van der Waals surface area contributed by atoms with Crippen molar-refractivity contribution in [2.75, 3.05) is 32.1 Å². The van der Waals surface area contributed by atoms with Crippen LogP contribution < -0.4 is 15.4 Å². The number of hydrogen-bond acceptors (Lipinski definition) is 5. The zero-order valence-corrected chi connectivity index (χ0v) is 15.5. The number of ether oxygens (including phenoxy) is 2. The molecule has 0 spiro atoms. The lowest BCUT2D eigenvalue weighted by Gasteiger charge is -2.31. The molecule has 1 heterocycles. The normalized spacial score (nSPS) is 14.5. The van der Waals surface area contributed by atoms with E-state index in [1.807, 2.05) is 0 Å². The van der Waals surface area contributed by atoms with Crippen LogP contribution in [0.25, 0.3) is 0 Å². The Kier molecular flexibility index (Phi) is 7.08. The van der Waals surface area contributed by atoms with Crippen molar-refractivity contribution in [1.82, 2.24) is 10.2 Å². The summed E-state index contributed by atoms with van der Waals surface area (Å²) in [5.41, 5.74) is 0.396. The Balaban J connectivity index is 1.82. The molecule has 3 amide bonds. The van der Waals surface area contributed by atoms with E-state index >= 15 is 0 Å². The Morgan fingerprint density at radius 1 is 1.23 bits per heavy atom. The Labute approximate surface area is 156 Å². The fourth-order valence-corrected chi connectivity index (χ4v) is 2.86. The largest absolute Gasteiger partial charge is 0.495 e. The molecule has 26 heavy (non-hydrogen) atoms. The molecule has 0 aliphatic carbocycles. The second-order valence-corrected chi connectivity index (χ2v) is 6.14. The van der Waals surface area contributed by atoms with Gasteiger partial charge >= 0.3 is 17.9 Å². The van der Waals surface area contributed by atoms with Crippen molar-refractivity contribution in [2.45, 2.75) is 25.8 Å². The quantitative estimate of drug-likeness (QED) is 0.775. The standard InChI is InChI=1S/C17H22ClN3O5/c1-3-26-17(24)21-8-6-11(7-9-21)19-15(22)16(23)20-12-4-5-14(25-2)13(18)10-12/h4-5,10-11H,3,6-9H2,1-2H3,(H,19,22)(H,20,23). The van der Waals surface area contributed by atoms with E-state index in [4.69, 9.17) is 21.1 Å². The number of rotatable bonds is 4. The average molecular weight is 384 g/mol. The lowest BCUT2D eigenvalue weighted by atomic mass is 10.1. The highest BCUT2D eigenvalue weighted by molar-refractivity contribution is 6.40. The van der Waals surface area contributed by atoms with Crippen LogP contribution in [0, 0.1) is 0 Å². The van der Waals surface area contributed by atoms with Gasteiger partial charge in [-0.2, -0.15) is 0 Å². The van der Waals surface area contributed by atoms with E-state index in [1.165, 1.54) is 13.2 Å². The first-order chi connectivity index (χ1) is 12.4. The molecule has 0 saturated carbocycles. The third kappa shape index (κ3) is 5.26. The molecule has 1 aliphatic rings. The number of methoxy groups -OCH3 is 1. The van der Waals surface area contributed by atoms with Crippen molar-refractivity contribution in [2.24, 2.45) is 0 Å². The first kappa shape index (κ1) is 19.8. The molecule has 0 atom stereocenters. The van der Waals surface area contributed by atoms with E-state index in [1.54, 1.807) is 24.0 Å². The summed E-state index contributed by atoms with van der Waals surface area (Å²) in [4.78, 5) is 37.3. The van der Waals surface area contributed by atoms with Gasteiger partial charge in [0.25, 0.3) is 0 Å². The second kappa shape index (κ2) is 9.28. The van der Waals surface area contributed by atoms with Gasteiger partial charge in [0, 0.05) is 24.8 Å². The third-order valence-electron chi connectivity index (χ3n) is 3.97. The molecular weight excluding hydrogens is 362 g/mol. The van der Waals surface area contributed by atoms with Gasteiger partial charge < -0.3 is 25.0 Å². The number of carbonyl (C=O) groups is 3. The number of anilines is 1. The van der Waals surface area contributed by atoms with Crippen LogP contribution in [0.3, 0.4) is 0 Å². The molecule has 1 fully saturated rings. The summed E-state index contributed by atoms with van der Waals surface area (Å²) in [6.07, 6.45) is 0.768. The summed E-state index contributed by atoms with van der Waals surface area (Å²) in [6.45, 7) is 3.02. The van der Waals surface area contributed by atoms with Gasteiger partial charge in [-0.25, -0.2) is 4.79 Å². The van der Waals surface area contributed by atoms with E-state index in [0.717, 1.165) is 0 Å². The van der Waals surface area contributed by atoms with Crippen LogP contribution in [0.2, 0.25) is 5.02 Å². The SMILES string of the molecule is CCOC(=O)N1CCC(NC(=O)C(=O)Nc2ccc(OC)c(Cl)c2)CC1. The third-order valence-corrected chi connectivity index (χ3v) is 4.27. The summed E-state index contributed by atoms with van der Waals surface area (Å²) < 4.78 is 9.98. The van der Waals surface area contributed by atoms with E-state index in [9.17, 15) is 14.4 Å². The maximum absolute atomic E-state index is 12.1. The summed E-state index contributed by atoms with van der Waals surface area (Å²) in [5.74, 6) is -1.03. The highest BCUT2D eigenvalue weighted by atomic mass is 35.5. The lowest BCUT2D eigenvalue weighted by molar-refractivity contribution is -0.136. The topological polar surface area (TPSA) is 97.0 Å². The molecule has 1 aromatic carbocycles. The van der Waals surface area contributed by atoms with Crippen LogP contribution in [-0.2, 0) is 14.3 Å². The molecule has 1 aliphatic heterocycles. The maximum atomic E-state index is 12.1. The summed E-state index contributed by atoms with van der Waals surface area (Å²) in [5, 5.41) is 5.50. The smallest absolute Gasteiger partial charge is 0.409 e. The van der Waals surface area contributed by atoms with E-state index in [0.29, 0.717) is 49.0 Å². The van der Waals surface area contributed by atoms with Gasteiger partial charge in [0.05, 0.1) is 18.7 Å². The minimum absolute atomic E-state index is 0.168. The molecular formula is C17H22ClN3O5. The van der Waals surface area contributed by atoms with Crippen LogP contribution in [0.5, 0.6) is 5.75 Å². The first-order valence-corrected chi connectivity index (χ1v) is 8.69. The number of likely N-dealkylation sites (tertiary alicyclic amines) is 1. The van der Waals surface area contributed by atoms with Crippen molar-refractivity contribution in [3.8, 4) is 5.75 Å². The van der Waals surface area contributed by atoms with Gasteiger partial charge in [-0.05, 0) is 38.0 Å². The molecule has 2 N–H and O–H groups in total. The van der Waals surface area contributed by atoms with E-state index in [-0.39, 0.29) is 12.1 Å². The molecule has 0 radical (unpaired) electrons. The Hall–Kier alpha value is -2.48. The number of nitrogens with one attached hydrogen (secondary N) is 2. The fourth-order valence-electron chi connectivity index (χ4n) is 2.60. The molecule has 0 bridgehead atoms. The monoisotopic (exact) mass is 383 g/mol. The van der Waals surface area contributed by atoms with Crippen LogP contribution in [-0.4, -0.2) is 55.7 Å². The summed E-state index contributed by atoms with van der Waals surface area (Å²) in [7, 11) is 1.49. The summed E-state index contributed by atoms with van der Waals surface area (Å²) in [6, 6.07) is 4.52. The van der Waals surface area contributed by atoms with Crippen LogP contribution >= 0.6 is 11.6 Å². The highest BCUT2D eigenvalue weighted by Gasteiger charge is 2.26. The van der Waals surface area contributed by atoms with Crippen molar-refractivity contribution in [3.63, 3.8) is 0 Å². The number of halogens is 1. The zero-order chi connectivity index (χ0) is 19.1. The second-order valence-electron chi connectivity index (χ2n) is 5.74. The number of nitrogens with zero attached hydrogens (tertiary/aromatic N) is 1. The predicted octanol–water partition coefficient (Wildman–Crippen LogP) is 2.02. The Morgan fingerprint density at radius 2 is 1.92 bits per heavy atom. The minimum Gasteiger partial charge on any atom is -0.495 e. The van der Waals surface area contributed by atoms with Gasteiger partial charge in [0.2, 0.25) is 0 Å². The molecule has 1 aromatic rings. The van der Waals surface area contributed by atoms with Gasteiger partial charge in [-0.15, -0.1) is 0 Å². The van der Waals surface area contributed by atoms with Crippen LogP contribution in [0.15, 0.2) is 18.2 Å². The van der Waals surface area contributed by atoms with Crippen molar-refractivity contribution >= 4 is 35.2 Å². The first-order valence-electron chi connectivity index (χ1n) is 8.31. The van der Waals surface area contributed by atoms with Crippen LogP contribution in [0.4, 0.5) is 10.5 Å². The Bertz CT molecular complexity index is 674. The zero-order valence-electron chi connectivity index (χ0n) is 14.7. The fraction of sp³-hybridized carbons (Fsp3) is 0.471. The van der Waals surface area contributed by atoms with Crippen molar-refractivity contribution in [1.29, 1.82) is 0 Å². The predicted molar refractivity (Wildman–Crippen MR) is 96.4 cm³/mol. The van der Waals surface area contributed by atoms with Gasteiger partial charge in [-0.1, -0.05) is 11.6 Å². The van der Waals surface area contributed by atoms with Gasteiger partial charge in [0.1, 0.15) is 5.75 Å². The number of benzene rings is 1. The van der Waals surface area contributed by atoms with Gasteiger partial charge in [0.15, 0.2) is 0 Å². The lowest BCUT2D eigenvalue weighted by Crippen LogP contribution is -2.49. The molecule has 0 unspecified atom stereocenters. The van der Waals surface area contributed by atoms with Crippen LogP contribution in [0.1, 0.15) is 19.8 Å². The molecule has 142 valence electrons. The number of hydrogen-bond donors (Lipinski definition) is 2. The highest BCUT2D eigenvalue weighted by Crippen LogP contribution is 2.27.